The largest absolute Gasteiger partial charge is 0.480 e. The van der Waals surface area contributed by atoms with E-state index < -0.39 is 0 Å². The summed E-state index contributed by atoms with van der Waals surface area (Å²) in [4.78, 5) is 14.8. The maximum Gasteiger partial charge on any atom is 0.257 e. The average Bonchev–Trinajstić information content (AvgIpc) is 3.17. The number of nitrogens with zero attached hydrogens (tertiary/aromatic N) is 5. The molecular weight excluding hydrogens is 366 g/mol. The summed E-state index contributed by atoms with van der Waals surface area (Å²) >= 11 is 0. The summed E-state index contributed by atoms with van der Waals surface area (Å²) < 4.78 is 6.71. The zero-order valence-corrected chi connectivity index (χ0v) is 17.6. The van der Waals surface area contributed by atoms with E-state index in [4.69, 9.17) is 4.74 Å². The molecule has 3 aromatic rings. The van der Waals surface area contributed by atoms with Gasteiger partial charge in [0.05, 0.1) is 24.6 Å². The van der Waals surface area contributed by atoms with Crippen molar-refractivity contribution in [3.63, 3.8) is 0 Å². The van der Waals surface area contributed by atoms with Crippen LogP contribution in [0.25, 0.3) is 5.82 Å². The fourth-order valence-corrected chi connectivity index (χ4v) is 3.18. The topological polar surface area (TPSA) is 73.1 Å². The van der Waals surface area contributed by atoms with Crippen LogP contribution < -0.4 is 4.74 Å². The fraction of sp³-hybridized carbons (Fsp3) is 0.364. The Morgan fingerprint density at radius 2 is 1.86 bits per heavy atom. The van der Waals surface area contributed by atoms with Crippen LogP contribution in [0.1, 0.15) is 53.9 Å². The van der Waals surface area contributed by atoms with Gasteiger partial charge in [0.25, 0.3) is 5.91 Å². The van der Waals surface area contributed by atoms with Crippen LogP contribution in [0.5, 0.6) is 5.88 Å². The Morgan fingerprint density at radius 1 is 1.14 bits per heavy atom. The Balaban J connectivity index is 1.80. The van der Waals surface area contributed by atoms with E-state index in [1.54, 1.807) is 27.9 Å². The summed E-state index contributed by atoms with van der Waals surface area (Å²) in [5, 5.41) is 12.5. The van der Waals surface area contributed by atoms with Crippen molar-refractivity contribution < 1.29 is 9.53 Å². The van der Waals surface area contributed by atoms with Crippen LogP contribution in [-0.4, -0.2) is 44.9 Å². The molecule has 0 spiro atoms. The van der Waals surface area contributed by atoms with E-state index in [9.17, 15) is 4.79 Å². The summed E-state index contributed by atoms with van der Waals surface area (Å²) in [5.41, 5.74) is 3.76. The van der Waals surface area contributed by atoms with Crippen LogP contribution in [0.3, 0.4) is 0 Å². The van der Waals surface area contributed by atoms with Crippen LogP contribution in [0.4, 0.5) is 0 Å². The van der Waals surface area contributed by atoms with E-state index in [1.807, 2.05) is 14.0 Å². The molecule has 0 N–H and O–H groups in total. The van der Waals surface area contributed by atoms with Crippen molar-refractivity contribution in [3.8, 4) is 11.7 Å². The van der Waals surface area contributed by atoms with Gasteiger partial charge in [0, 0.05) is 19.7 Å². The number of methoxy groups -OCH3 is 1. The van der Waals surface area contributed by atoms with Crippen molar-refractivity contribution in [2.45, 2.75) is 39.7 Å². The van der Waals surface area contributed by atoms with Gasteiger partial charge in [-0.05, 0) is 29.5 Å². The first-order valence-electron chi connectivity index (χ1n) is 9.73. The second-order valence-electron chi connectivity index (χ2n) is 7.26. The molecule has 0 aliphatic rings. The van der Waals surface area contributed by atoms with Crippen molar-refractivity contribution in [1.82, 2.24) is 24.9 Å². The molecule has 7 nitrogen and oxygen atoms in total. The van der Waals surface area contributed by atoms with Gasteiger partial charge in [-0.3, -0.25) is 4.79 Å². The lowest BCUT2D eigenvalue weighted by atomic mass is 10.0. The van der Waals surface area contributed by atoms with Crippen LogP contribution in [0.15, 0.2) is 42.6 Å². The number of benzene rings is 1. The molecule has 0 atom stereocenters. The first-order chi connectivity index (χ1) is 13.9. The Morgan fingerprint density at radius 3 is 2.41 bits per heavy atom. The zero-order valence-electron chi connectivity index (χ0n) is 17.6. The second-order valence-corrected chi connectivity index (χ2v) is 7.26. The highest BCUT2D eigenvalue weighted by molar-refractivity contribution is 5.95. The highest BCUT2D eigenvalue weighted by Gasteiger charge is 2.21. The summed E-state index contributed by atoms with van der Waals surface area (Å²) in [6, 6.07) is 11.9. The molecule has 0 saturated heterocycles. The lowest BCUT2D eigenvalue weighted by Gasteiger charge is -2.18. The van der Waals surface area contributed by atoms with Crippen molar-refractivity contribution in [3.05, 3.63) is 65.0 Å². The standard InChI is InChI=1S/C22H27N5O2/c1-6-19-18(13-23-27(19)20-11-12-21(29-5)25-24-20)22(28)26(4)14-16-7-9-17(10-8-16)15(2)3/h7-13,15H,6,14H2,1-5H3. The molecule has 0 radical (unpaired) electrons. The highest BCUT2D eigenvalue weighted by atomic mass is 16.5. The van der Waals surface area contributed by atoms with Gasteiger partial charge in [0.2, 0.25) is 5.88 Å². The Labute approximate surface area is 171 Å². The third-order valence-electron chi connectivity index (χ3n) is 4.90. The third kappa shape index (κ3) is 4.45. The monoisotopic (exact) mass is 393 g/mol. The Kier molecular flexibility index (Phi) is 6.26. The Hall–Kier alpha value is -3.22. The highest BCUT2D eigenvalue weighted by Crippen LogP contribution is 2.19. The number of hydrogen-bond donors (Lipinski definition) is 0. The molecule has 0 aliphatic heterocycles. The van der Waals surface area contributed by atoms with Gasteiger partial charge >= 0.3 is 0 Å². The maximum absolute atomic E-state index is 13.1. The van der Waals surface area contributed by atoms with E-state index in [2.05, 4.69) is 53.4 Å². The molecule has 152 valence electrons. The number of amides is 1. The van der Waals surface area contributed by atoms with Gasteiger partial charge in [0.1, 0.15) is 0 Å². The van der Waals surface area contributed by atoms with E-state index in [0.717, 1.165) is 11.3 Å². The number of rotatable bonds is 7. The summed E-state index contributed by atoms with van der Waals surface area (Å²) in [5.74, 6) is 1.40. The molecule has 0 fully saturated rings. The predicted octanol–water partition coefficient (Wildman–Crippen LogP) is 3.63. The number of hydrogen-bond acceptors (Lipinski definition) is 5. The molecule has 2 aromatic heterocycles. The third-order valence-corrected chi connectivity index (χ3v) is 4.90. The molecule has 3 rings (SSSR count). The zero-order chi connectivity index (χ0) is 21.0. The molecule has 1 aromatic carbocycles. The van der Waals surface area contributed by atoms with Gasteiger partial charge in [-0.2, -0.15) is 5.10 Å². The average molecular weight is 393 g/mol. The number of carbonyl (C=O) groups is 1. The normalized spacial score (nSPS) is 11.0. The van der Waals surface area contributed by atoms with Crippen molar-refractivity contribution >= 4 is 5.91 Å². The van der Waals surface area contributed by atoms with Crippen LogP contribution >= 0.6 is 0 Å². The molecule has 1 amide bonds. The van der Waals surface area contributed by atoms with E-state index in [1.165, 1.54) is 12.7 Å². The number of ether oxygens (including phenoxy) is 1. The minimum Gasteiger partial charge on any atom is -0.480 e. The van der Waals surface area contributed by atoms with Gasteiger partial charge in [-0.1, -0.05) is 45.0 Å². The fourth-order valence-electron chi connectivity index (χ4n) is 3.18. The number of aromatic nitrogens is 4. The maximum atomic E-state index is 13.1. The lowest BCUT2D eigenvalue weighted by molar-refractivity contribution is 0.0784. The molecule has 0 saturated carbocycles. The second kappa shape index (κ2) is 8.86. The van der Waals surface area contributed by atoms with Gasteiger partial charge in [0.15, 0.2) is 5.82 Å². The van der Waals surface area contributed by atoms with E-state index in [-0.39, 0.29) is 5.91 Å². The first kappa shape index (κ1) is 20.5. The minimum atomic E-state index is -0.0671. The summed E-state index contributed by atoms with van der Waals surface area (Å²) in [7, 11) is 3.35. The van der Waals surface area contributed by atoms with Crippen LogP contribution in [0.2, 0.25) is 0 Å². The minimum absolute atomic E-state index is 0.0671. The van der Waals surface area contributed by atoms with E-state index >= 15 is 0 Å². The molecule has 0 aliphatic carbocycles. The number of carbonyl (C=O) groups excluding carboxylic acids is 1. The van der Waals surface area contributed by atoms with Gasteiger partial charge < -0.3 is 9.64 Å². The first-order valence-corrected chi connectivity index (χ1v) is 9.73. The molecular formula is C22H27N5O2. The molecule has 7 heteroatoms. The van der Waals surface area contributed by atoms with Crippen molar-refractivity contribution in [1.29, 1.82) is 0 Å². The summed E-state index contributed by atoms with van der Waals surface area (Å²) in [6.07, 6.45) is 2.25. The lowest BCUT2D eigenvalue weighted by Crippen LogP contribution is -2.27. The van der Waals surface area contributed by atoms with E-state index in [0.29, 0.717) is 36.1 Å². The SMILES string of the molecule is CCc1c(C(=O)N(C)Cc2ccc(C(C)C)cc2)cnn1-c1ccc(OC)nn1. The quantitative estimate of drug-likeness (QED) is 0.613. The smallest absolute Gasteiger partial charge is 0.257 e. The molecule has 29 heavy (non-hydrogen) atoms. The Bertz CT molecular complexity index is 962. The van der Waals surface area contributed by atoms with Crippen molar-refractivity contribution in [2.24, 2.45) is 0 Å². The van der Waals surface area contributed by atoms with Crippen LogP contribution in [-0.2, 0) is 13.0 Å². The molecule has 2 heterocycles. The van der Waals surface area contributed by atoms with Crippen molar-refractivity contribution in [2.75, 3.05) is 14.2 Å². The van der Waals surface area contributed by atoms with Gasteiger partial charge in [-0.25, -0.2) is 4.68 Å². The van der Waals surface area contributed by atoms with Gasteiger partial charge in [-0.15, -0.1) is 10.2 Å². The predicted molar refractivity (Wildman–Crippen MR) is 111 cm³/mol. The summed E-state index contributed by atoms with van der Waals surface area (Å²) in [6.45, 7) is 6.86. The molecule has 0 bridgehead atoms. The van der Waals surface area contributed by atoms with Crippen LogP contribution in [0, 0.1) is 0 Å². The molecule has 0 unspecified atom stereocenters.